The van der Waals surface area contributed by atoms with E-state index in [9.17, 15) is 9.59 Å². The van der Waals surface area contributed by atoms with Crippen LogP contribution in [0.5, 0.6) is 0 Å². The highest BCUT2D eigenvalue weighted by atomic mass is 16.2. The van der Waals surface area contributed by atoms with Gasteiger partial charge in [0.05, 0.1) is 16.4 Å². The van der Waals surface area contributed by atoms with E-state index in [0.29, 0.717) is 16.4 Å². The Balaban J connectivity index is 1.60. The van der Waals surface area contributed by atoms with Crippen molar-refractivity contribution in [3.8, 4) is 0 Å². The van der Waals surface area contributed by atoms with Gasteiger partial charge in [-0.05, 0) is 24.3 Å². The molecule has 0 saturated carbocycles. The summed E-state index contributed by atoms with van der Waals surface area (Å²) < 4.78 is 2.55. The summed E-state index contributed by atoms with van der Waals surface area (Å²) >= 11 is 0. The number of carbonyl (C=O) groups excluding carboxylic acids is 1. The van der Waals surface area contributed by atoms with Crippen LogP contribution in [0.4, 0.5) is 0 Å². The highest BCUT2D eigenvalue weighted by Crippen LogP contribution is 2.09. The van der Waals surface area contributed by atoms with E-state index in [2.05, 4.69) is 20.7 Å². The number of aromatic nitrogens is 5. The molecule has 8 nitrogen and oxygen atoms in total. The number of carbonyl (C=O) groups is 1. The molecule has 0 radical (unpaired) electrons. The van der Waals surface area contributed by atoms with Crippen LogP contribution >= 0.6 is 0 Å². The van der Waals surface area contributed by atoms with E-state index in [1.54, 1.807) is 24.3 Å². The van der Waals surface area contributed by atoms with Crippen LogP contribution in [-0.4, -0.2) is 30.6 Å². The third-order valence-electron chi connectivity index (χ3n) is 3.62. The first-order chi connectivity index (χ1) is 11.7. The second kappa shape index (κ2) is 5.58. The van der Waals surface area contributed by atoms with Gasteiger partial charge in [-0.25, -0.2) is 14.3 Å². The predicted molar refractivity (Wildman–Crippen MR) is 87.9 cm³/mol. The molecule has 2 aromatic carbocycles. The van der Waals surface area contributed by atoms with Crippen molar-refractivity contribution in [2.24, 2.45) is 0 Å². The average Bonchev–Trinajstić information content (AvgIpc) is 3.01. The van der Waals surface area contributed by atoms with Crippen LogP contribution in [-0.2, 0) is 11.3 Å². The Kier molecular flexibility index (Phi) is 3.27. The Morgan fingerprint density at radius 3 is 2.67 bits per heavy atom. The number of nitrogens with one attached hydrogen (secondary N) is 1. The molecule has 0 spiro atoms. The third kappa shape index (κ3) is 2.39. The molecule has 8 heteroatoms. The highest BCUT2D eigenvalue weighted by Gasteiger charge is 2.10. The van der Waals surface area contributed by atoms with Crippen molar-refractivity contribution in [3.63, 3.8) is 0 Å². The predicted octanol–water partition coefficient (Wildman–Crippen LogP) is 0.911. The summed E-state index contributed by atoms with van der Waals surface area (Å²) in [6, 6.07) is 14.3. The number of amides is 1. The molecule has 4 rings (SSSR count). The molecule has 0 saturated heterocycles. The quantitative estimate of drug-likeness (QED) is 0.605. The van der Waals surface area contributed by atoms with Gasteiger partial charge < -0.3 is 0 Å². The highest BCUT2D eigenvalue weighted by molar-refractivity contribution is 5.85. The summed E-state index contributed by atoms with van der Waals surface area (Å²) in [6.07, 6.45) is 1.29. The summed E-state index contributed by atoms with van der Waals surface area (Å²) in [5, 5.41) is 8.38. The van der Waals surface area contributed by atoms with Crippen molar-refractivity contribution < 1.29 is 4.79 Å². The standard InChI is InChI=1S/C16H12N6O2/c23-15(9-21-14-8-4-3-7-13(14)18-20-21)19-22-10-17-12-6-2-1-5-11(12)16(22)24/h1-8,10H,9H2,(H,19,23). The molecular weight excluding hydrogens is 308 g/mol. The Bertz CT molecular complexity index is 1110. The van der Waals surface area contributed by atoms with Gasteiger partial charge in [0.25, 0.3) is 11.5 Å². The Hall–Kier alpha value is -3.55. The van der Waals surface area contributed by atoms with Gasteiger partial charge in [-0.1, -0.05) is 29.5 Å². The number of para-hydroxylation sites is 2. The first-order valence-corrected chi connectivity index (χ1v) is 7.27. The van der Waals surface area contributed by atoms with Crippen molar-refractivity contribution in [3.05, 3.63) is 65.2 Å². The summed E-state index contributed by atoms with van der Waals surface area (Å²) in [6.45, 7) is -0.0558. The fourth-order valence-corrected chi connectivity index (χ4v) is 2.49. The summed E-state index contributed by atoms with van der Waals surface area (Å²) in [5.41, 5.74) is 4.21. The molecule has 2 aromatic heterocycles. The van der Waals surface area contributed by atoms with Crippen LogP contribution in [0.2, 0.25) is 0 Å². The third-order valence-corrected chi connectivity index (χ3v) is 3.62. The number of fused-ring (bicyclic) bond motifs is 2. The van der Waals surface area contributed by atoms with E-state index >= 15 is 0 Å². The Morgan fingerprint density at radius 2 is 1.79 bits per heavy atom. The number of nitrogens with zero attached hydrogens (tertiary/aromatic N) is 5. The molecule has 2 heterocycles. The van der Waals surface area contributed by atoms with Gasteiger partial charge in [0.15, 0.2) is 0 Å². The number of hydrogen-bond acceptors (Lipinski definition) is 5. The molecule has 0 unspecified atom stereocenters. The molecule has 1 amide bonds. The summed E-state index contributed by atoms with van der Waals surface area (Å²) in [4.78, 5) is 28.7. The Morgan fingerprint density at radius 1 is 1.04 bits per heavy atom. The molecule has 4 aromatic rings. The lowest BCUT2D eigenvalue weighted by atomic mass is 10.2. The fraction of sp³-hybridized carbons (Fsp3) is 0.0625. The zero-order chi connectivity index (χ0) is 16.5. The van der Waals surface area contributed by atoms with E-state index in [0.717, 1.165) is 10.2 Å². The molecule has 0 aliphatic carbocycles. The van der Waals surface area contributed by atoms with Gasteiger partial charge >= 0.3 is 0 Å². The molecule has 0 aliphatic rings. The summed E-state index contributed by atoms with van der Waals surface area (Å²) in [7, 11) is 0. The van der Waals surface area contributed by atoms with Gasteiger partial charge in [-0.2, -0.15) is 0 Å². The van der Waals surface area contributed by atoms with Crippen molar-refractivity contribution >= 4 is 27.8 Å². The van der Waals surface area contributed by atoms with Crippen LogP contribution < -0.4 is 11.0 Å². The van der Waals surface area contributed by atoms with Crippen molar-refractivity contribution in [1.82, 2.24) is 24.7 Å². The lowest BCUT2D eigenvalue weighted by Gasteiger charge is -2.08. The average molecular weight is 320 g/mol. The van der Waals surface area contributed by atoms with Crippen LogP contribution in [0.1, 0.15) is 0 Å². The molecule has 0 atom stereocenters. The van der Waals surface area contributed by atoms with Crippen molar-refractivity contribution in [1.29, 1.82) is 0 Å². The SMILES string of the molecule is O=C(Cn1nnc2ccccc21)Nn1cnc2ccccc2c1=O. The lowest BCUT2D eigenvalue weighted by molar-refractivity contribution is -0.117. The molecular formula is C16H12N6O2. The molecule has 0 aliphatic heterocycles. The first kappa shape index (κ1) is 14.1. The smallest absolute Gasteiger partial charge is 0.271 e. The van der Waals surface area contributed by atoms with E-state index in [1.165, 1.54) is 11.0 Å². The van der Waals surface area contributed by atoms with Gasteiger partial charge in [-0.3, -0.25) is 15.0 Å². The van der Waals surface area contributed by atoms with Gasteiger partial charge in [0.2, 0.25) is 0 Å². The second-order valence-corrected chi connectivity index (χ2v) is 5.21. The van der Waals surface area contributed by atoms with Crippen LogP contribution in [0, 0.1) is 0 Å². The first-order valence-electron chi connectivity index (χ1n) is 7.27. The van der Waals surface area contributed by atoms with E-state index < -0.39 is 5.91 Å². The largest absolute Gasteiger partial charge is 0.280 e. The van der Waals surface area contributed by atoms with E-state index in [-0.39, 0.29) is 12.1 Å². The number of benzene rings is 2. The van der Waals surface area contributed by atoms with Crippen molar-refractivity contribution in [2.45, 2.75) is 6.54 Å². The van der Waals surface area contributed by atoms with Gasteiger partial charge in [0, 0.05) is 0 Å². The zero-order valence-corrected chi connectivity index (χ0v) is 12.5. The number of hydrogen-bond donors (Lipinski definition) is 1. The van der Waals surface area contributed by atoms with Crippen molar-refractivity contribution in [2.75, 3.05) is 5.43 Å². The number of rotatable bonds is 3. The maximum Gasteiger partial charge on any atom is 0.280 e. The van der Waals surface area contributed by atoms with Crippen LogP contribution in [0.15, 0.2) is 59.7 Å². The monoisotopic (exact) mass is 320 g/mol. The normalized spacial score (nSPS) is 11.0. The van der Waals surface area contributed by atoms with Gasteiger partial charge in [0.1, 0.15) is 18.4 Å². The topological polar surface area (TPSA) is 94.7 Å². The molecule has 24 heavy (non-hydrogen) atoms. The minimum Gasteiger partial charge on any atom is -0.271 e. The van der Waals surface area contributed by atoms with E-state index in [4.69, 9.17) is 0 Å². The molecule has 0 fully saturated rings. The lowest BCUT2D eigenvalue weighted by Crippen LogP contribution is -2.35. The molecule has 1 N–H and O–H groups in total. The fourth-order valence-electron chi connectivity index (χ4n) is 2.49. The van der Waals surface area contributed by atoms with Gasteiger partial charge in [-0.15, -0.1) is 5.10 Å². The maximum absolute atomic E-state index is 12.4. The maximum atomic E-state index is 12.4. The molecule has 118 valence electrons. The summed E-state index contributed by atoms with van der Waals surface area (Å²) in [5.74, 6) is -0.398. The van der Waals surface area contributed by atoms with Crippen LogP contribution in [0.25, 0.3) is 21.9 Å². The Labute approximate surface area is 135 Å². The minimum atomic E-state index is -0.398. The van der Waals surface area contributed by atoms with Crippen LogP contribution in [0.3, 0.4) is 0 Å². The molecule has 0 bridgehead atoms. The second-order valence-electron chi connectivity index (χ2n) is 5.21. The minimum absolute atomic E-state index is 0.0558. The van der Waals surface area contributed by atoms with E-state index in [1.807, 2.05) is 24.3 Å². The zero-order valence-electron chi connectivity index (χ0n) is 12.5.